The van der Waals surface area contributed by atoms with E-state index in [9.17, 15) is 0 Å². The van der Waals surface area contributed by atoms with Gasteiger partial charge in [0.2, 0.25) is 11.8 Å². The van der Waals surface area contributed by atoms with Crippen molar-refractivity contribution in [2.75, 3.05) is 0 Å². The molecule has 1 aliphatic carbocycles. The molecule has 4 heterocycles. The monoisotopic (exact) mass is 405 g/mol. The van der Waals surface area contributed by atoms with E-state index < -0.39 is 0 Å². The molecule has 1 fully saturated rings. The quantitative estimate of drug-likeness (QED) is 0.439. The molecule has 0 amide bonds. The molecule has 0 N–H and O–H groups in total. The fourth-order valence-electron chi connectivity index (χ4n) is 3.09. The lowest BCUT2D eigenvalue weighted by Gasteiger charge is -2.10. The van der Waals surface area contributed by atoms with Crippen LogP contribution in [0.5, 0.6) is 0 Å². The standard InChI is InChI=1S/C20H19N7OS/c1-12-11-14(8-10-21-12)19-25-24-18(28-19)13(2)29-20-26-23-17(27(20)15-6-7-15)16-5-3-4-9-22-16/h3-5,8-11,13,15H,6-7H2,1-2H3. The van der Waals surface area contributed by atoms with Gasteiger partial charge in [-0.3, -0.25) is 14.5 Å². The lowest BCUT2D eigenvalue weighted by Crippen LogP contribution is -2.01. The van der Waals surface area contributed by atoms with Crippen molar-refractivity contribution in [3.63, 3.8) is 0 Å². The average molecular weight is 405 g/mol. The molecule has 1 atom stereocenters. The van der Waals surface area contributed by atoms with Gasteiger partial charge in [0.1, 0.15) is 5.69 Å². The van der Waals surface area contributed by atoms with Crippen LogP contribution in [-0.2, 0) is 0 Å². The van der Waals surface area contributed by atoms with Gasteiger partial charge in [-0.15, -0.1) is 20.4 Å². The summed E-state index contributed by atoms with van der Waals surface area (Å²) in [7, 11) is 0. The molecule has 0 spiro atoms. The first kappa shape index (κ1) is 18.0. The van der Waals surface area contributed by atoms with Crippen molar-refractivity contribution < 1.29 is 4.42 Å². The van der Waals surface area contributed by atoms with Gasteiger partial charge in [0.25, 0.3) is 0 Å². The molecule has 29 heavy (non-hydrogen) atoms. The zero-order valence-corrected chi connectivity index (χ0v) is 16.9. The minimum atomic E-state index is -0.0579. The van der Waals surface area contributed by atoms with Gasteiger partial charge in [0.15, 0.2) is 11.0 Å². The molecule has 0 aromatic carbocycles. The lowest BCUT2D eigenvalue weighted by atomic mass is 10.2. The molecule has 0 saturated heterocycles. The van der Waals surface area contributed by atoms with Crippen molar-refractivity contribution >= 4 is 11.8 Å². The Balaban J connectivity index is 1.40. The molecule has 8 nitrogen and oxygen atoms in total. The fourth-order valence-corrected chi connectivity index (χ4v) is 4.04. The second-order valence-electron chi connectivity index (χ2n) is 7.01. The third-order valence-electron chi connectivity index (χ3n) is 4.68. The number of thioether (sulfide) groups is 1. The van der Waals surface area contributed by atoms with Crippen molar-refractivity contribution in [3.05, 3.63) is 54.3 Å². The van der Waals surface area contributed by atoms with Gasteiger partial charge in [-0.05, 0) is 51.0 Å². The van der Waals surface area contributed by atoms with Crippen LogP contribution in [0.25, 0.3) is 23.0 Å². The normalized spacial score (nSPS) is 14.8. The van der Waals surface area contributed by atoms with Crippen LogP contribution in [0, 0.1) is 6.92 Å². The number of hydrogen-bond donors (Lipinski definition) is 0. The molecular formula is C20H19N7OS. The highest BCUT2D eigenvalue weighted by atomic mass is 32.2. The second-order valence-corrected chi connectivity index (χ2v) is 8.32. The minimum Gasteiger partial charge on any atom is -0.419 e. The van der Waals surface area contributed by atoms with Crippen LogP contribution in [0.15, 0.2) is 52.3 Å². The fraction of sp³-hybridized carbons (Fsp3) is 0.300. The van der Waals surface area contributed by atoms with Gasteiger partial charge in [0.05, 0.1) is 5.25 Å². The smallest absolute Gasteiger partial charge is 0.247 e. The van der Waals surface area contributed by atoms with E-state index in [4.69, 9.17) is 4.42 Å². The lowest BCUT2D eigenvalue weighted by molar-refractivity contribution is 0.508. The predicted octanol–water partition coefficient (Wildman–Crippen LogP) is 4.28. The van der Waals surface area contributed by atoms with E-state index in [1.807, 2.05) is 44.2 Å². The molecule has 4 aromatic rings. The van der Waals surface area contributed by atoms with Gasteiger partial charge in [-0.1, -0.05) is 17.8 Å². The van der Waals surface area contributed by atoms with Crippen molar-refractivity contribution in [3.8, 4) is 23.0 Å². The minimum absolute atomic E-state index is 0.0579. The average Bonchev–Trinajstić information content (AvgIpc) is 3.29. The van der Waals surface area contributed by atoms with E-state index >= 15 is 0 Å². The molecule has 0 bridgehead atoms. The highest BCUT2D eigenvalue weighted by Crippen LogP contribution is 2.43. The first-order valence-corrected chi connectivity index (χ1v) is 10.4. The summed E-state index contributed by atoms with van der Waals surface area (Å²) in [6, 6.07) is 10.0. The van der Waals surface area contributed by atoms with Crippen LogP contribution in [-0.4, -0.2) is 34.9 Å². The summed E-state index contributed by atoms with van der Waals surface area (Å²) in [5.74, 6) is 1.86. The van der Waals surface area contributed by atoms with Gasteiger partial charge in [-0.2, -0.15) is 0 Å². The summed E-state index contributed by atoms with van der Waals surface area (Å²) in [5.41, 5.74) is 2.61. The van der Waals surface area contributed by atoms with Crippen molar-refractivity contribution in [2.24, 2.45) is 0 Å². The Kier molecular flexibility index (Phi) is 4.59. The number of rotatable bonds is 6. The maximum Gasteiger partial charge on any atom is 0.247 e. The molecule has 1 unspecified atom stereocenters. The first-order valence-electron chi connectivity index (χ1n) is 9.48. The molecule has 146 valence electrons. The maximum absolute atomic E-state index is 5.93. The van der Waals surface area contributed by atoms with Crippen molar-refractivity contribution in [2.45, 2.75) is 43.1 Å². The topological polar surface area (TPSA) is 95.4 Å². The van der Waals surface area contributed by atoms with E-state index in [0.717, 1.165) is 40.8 Å². The van der Waals surface area contributed by atoms with E-state index in [1.54, 1.807) is 24.2 Å². The zero-order chi connectivity index (χ0) is 19.8. The Bertz CT molecular complexity index is 1140. The third kappa shape index (κ3) is 3.65. The Morgan fingerprint density at radius 3 is 2.72 bits per heavy atom. The Labute approximate surface area is 171 Å². The molecule has 0 radical (unpaired) electrons. The van der Waals surface area contributed by atoms with Crippen LogP contribution in [0.1, 0.15) is 42.6 Å². The number of aryl methyl sites for hydroxylation is 1. The number of pyridine rings is 2. The number of aromatic nitrogens is 7. The van der Waals surface area contributed by atoms with E-state index in [0.29, 0.717) is 17.8 Å². The Morgan fingerprint density at radius 2 is 1.97 bits per heavy atom. The summed E-state index contributed by atoms with van der Waals surface area (Å²) in [6.07, 6.45) is 5.78. The van der Waals surface area contributed by atoms with Gasteiger partial charge < -0.3 is 4.42 Å². The summed E-state index contributed by atoms with van der Waals surface area (Å²) in [4.78, 5) is 8.64. The molecule has 1 aliphatic rings. The highest BCUT2D eigenvalue weighted by molar-refractivity contribution is 7.99. The third-order valence-corrected chi connectivity index (χ3v) is 5.73. The van der Waals surface area contributed by atoms with Crippen LogP contribution >= 0.6 is 11.8 Å². The summed E-state index contributed by atoms with van der Waals surface area (Å²) >= 11 is 1.57. The second kappa shape index (κ2) is 7.40. The van der Waals surface area contributed by atoms with Crippen LogP contribution in [0.4, 0.5) is 0 Å². The van der Waals surface area contributed by atoms with Crippen molar-refractivity contribution in [1.29, 1.82) is 0 Å². The number of nitrogens with zero attached hydrogens (tertiary/aromatic N) is 7. The van der Waals surface area contributed by atoms with Crippen LogP contribution < -0.4 is 0 Å². The van der Waals surface area contributed by atoms with E-state index in [1.165, 1.54) is 0 Å². The maximum atomic E-state index is 5.93. The summed E-state index contributed by atoms with van der Waals surface area (Å²) in [5, 5.41) is 18.1. The molecule has 1 saturated carbocycles. The van der Waals surface area contributed by atoms with Gasteiger partial charge >= 0.3 is 0 Å². The van der Waals surface area contributed by atoms with Gasteiger partial charge in [0, 0.05) is 29.7 Å². The Hall–Kier alpha value is -3.07. The van der Waals surface area contributed by atoms with Crippen molar-refractivity contribution in [1.82, 2.24) is 34.9 Å². The van der Waals surface area contributed by atoms with E-state index in [-0.39, 0.29) is 5.25 Å². The van der Waals surface area contributed by atoms with Crippen LogP contribution in [0.2, 0.25) is 0 Å². The zero-order valence-electron chi connectivity index (χ0n) is 16.1. The predicted molar refractivity (Wildman–Crippen MR) is 108 cm³/mol. The molecule has 9 heteroatoms. The first-order chi connectivity index (χ1) is 14.2. The molecule has 5 rings (SSSR count). The van der Waals surface area contributed by atoms with E-state index in [2.05, 4.69) is 34.9 Å². The molecular weight excluding hydrogens is 386 g/mol. The SMILES string of the molecule is Cc1cc(-c2nnc(C(C)Sc3nnc(-c4ccccn4)n3C3CC3)o2)ccn1. The Morgan fingerprint density at radius 1 is 1.07 bits per heavy atom. The summed E-state index contributed by atoms with van der Waals surface area (Å²) in [6.45, 7) is 3.97. The summed E-state index contributed by atoms with van der Waals surface area (Å²) < 4.78 is 8.11. The molecule has 0 aliphatic heterocycles. The van der Waals surface area contributed by atoms with Crippen LogP contribution in [0.3, 0.4) is 0 Å². The number of hydrogen-bond acceptors (Lipinski definition) is 8. The molecule has 4 aromatic heterocycles. The highest BCUT2D eigenvalue weighted by Gasteiger charge is 2.31. The largest absolute Gasteiger partial charge is 0.419 e. The van der Waals surface area contributed by atoms with Gasteiger partial charge in [-0.25, -0.2) is 0 Å².